The Hall–Kier alpha value is -3.22. The first kappa shape index (κ1) is 18.6. The lowest BCUT2D eigenvalue weighted by Gasteiger charge is -2.28. The number of rotatable bonds is 4. The standard InChI is InChI=1S/C20H22N2O5/c1-25-17-6-4-5-16(18(17)26-2)19(23)21-15-8-7-13-9-10-22(20(24)27-3)12-14(13)11-15/h4-8,11H,9-10,12H2,1-3H3,(H,21,23). The van der Waals surface area contributed by atoms with Crippen molar-refractivity contribution in [3.05, 3.63) is 53.1 Å². The molecule has 1 heterocycles. The number of benzene rings is 2. The van der Waals surface area contributed by atoms with Crippen LogP contribution in [0.25, 0.3) is 0 Å². The molecule has 0 unspecified atom stereocenters. The summed E-state index contributed by atoms with van der Waals surface area (Å²) >= 11 is 0. The summed E-state index contributed by atoms with van der Waals surface area (Å²) in [6, 6.07) is 10.9. The molecule has 1 aliphatic heterocycles. The lowest BCUT2D eigenvalue weighted by molar-refractivity contribution is 0.102. The summed E-state index contributed by atoms with van der Waals surface area (Å²) in [5, 5.41) is 2.88. The van der Waals surface area contributed by atoms with Crippen molar-refractivity contribution in [2.75, 3.05) is 33.2 Å². The smallest absolute Gasteiger partial charge is 0.409 e. The number of carbonyl (C=O) groups excluding carboxylic acids is 2. The molecule has 0 aromatic heterocycles. The van der Waals surface area contributed by atoms with Crippen molar-refractivity contribution in [1.29, 1.82) is 0 Å². The van der Waals surface area contributed by atoms with E-state index in [9.17, 15) is 9.59 Å². The Labute approximate surface area is 157 Å². The predicted molar refractivity (Wildman–Crippen MR) is 100 cm³/mol. The van der Waals surface area contributed by atoms with Gasteiger partial charge in [0.25, 0.3) is 5.91 Å². The normalized spacial score (nSPS) is 12.8. The highest BCUT2D eigenvalue weighted by Crippen LogP contribution is 2.31. The maximum Gasteiger partial charge on any atom is 0.409 e. The van der Waals surface area contributed by atoms with E-state index in [1.165, 1.54) is 21.3 Å². The van der Waals surface area contributed by atoms with E-state index in [0.29, 0.717) is 35.8 Å². The average molecular weight is 370 g/mol. The minimum absolute atomic E-state index is 0.300. The molecule has 0 saturated heterocycles. The van der Waals surface area contributed by atoms with Crippen LogP contribution in [0.1, 0.15) is 21.5 Å². The number of methoxy groups -OCH3 is 3. The molecule has 1 N–H and O–H groups in total. The molecule has 0 bridgehead atoms. The summed E-state index contributed by atoms with van der Waals surface area (Å²) in [4.78, 5) is 26.1. The fraction of sp³-hybridized carbons (Fsp3) is 0.300. The molecule has 2 aromatic carbocycles. The first-order chi connectivity index (χ1) is 13.1. The number of amides is 2. The molecule has 0 aliphatic carbocycles. The number of para-hydroxylation sites is 1. The van der Waals surface area contributed by atoms with E-state index in [1.807, 2.05) is 18.2 Å². The maximum atomic E-state index is 12.7. The highest BCUT2D eigenvalue weighted by Gasteiger charge is 2.22. The van der Waals surface area contributed by atoms with Crippen molar-refractivity contribution in [2.45, 2.75) is 13.0 Å². The van der Waals surface area contributed by atoms with E-state index < -0.39 is 0 Å². The Morgan fingerprint density at radius 2 is 1.85 bits per heavy atom. The van der Waals surface area contributed by atoms with E-state index in [4.69, 9.17) is 14.2 Å². The van der Waals surface area contributed by atoms with Crippen LogP contribution < -0.4 is 14.8 Å². The number of nitrogens with one attached hydrogen (secondary N) is 1. The number of hydrogen-bond donors (Lipinski definition) is 1. The van der Waals surface area contributed by atoms with Gasteiger partial charge in [-0.3, -0.25) is 4.79 Å². The second kappa shape index (κ2) is 7.99. The van der Waals surface area contributed by atoms with E-state index in [1.54, 1.807) is 23.1 Å². The van der Waals surface area contributed by atoms with Gasteiger partial charge < -0.3 is 24.4 Å². The molecule has 0 spiro atoms. The van der Waals surface area contributed by atoms with Gasteiger partial charge in [-0.05, 0) is 41.8 Å². The molecule has 0 atom stereocenters. The Balaban J connectivity index is 1.81. The number of hydrogen-bond acceptors (Lipinski definition) is 5. The topological polar surface area (TPSA) is 77.1 Å². The summed E-state index contributed by atoms with van der Waals surface area (Å²) in [5.41, 5.74) is 3.18. The fourth-order valence-corrected chi connectivity index (χ4v) is 3.18. The van der Waals surface area contributed by atoms with Crippen LogP contribution in [0.2, 0.25) is 0 Å². The molecule has 2 amide bonds. The monoisotopic (exact) mass is 370 g/mol. The zero-order valence-electron chi connectivity index (χ0n) is 15.6. The second-order valence-electron chi connectivity index (χ2n) is 6.12. The summed E-state index contributed by atoms with van der Waals surface area (Å²) in [6.07, 6.45) is 0.402. The lowest BCUT2D eigenvalue weighted by atomic mass is 9.99. The number of nitrogens with zero attached hydrogens (tertiary/aromatic N) is 1. The SMILES string of the molecule is COC(=O)N1CCc2ccc(NC(=O)c3cccc(OC)c3OC)cc2C1. The predicted octanol–water partition coefficient (Wildman–Crippen LogP) is 3.08. The van der Waals surface area contributed by atoms with E-state index >= 15 is 0 Å². The third kappa shape index (κ3) is 3.81. The van der Waals surface area contributed by atoms with Gasteiger partial charge in [0.1, 0.15) is 0 Å². The van der Waals surface area contributed by atoms with Crippen molar-refractivity contribution in [3.63, 3.8) is 0 Å². The molecule has 27 heavy (non-hydrogen) atoms. The molecular weight excluding hydrogens is 348 g/mol. The third-order valence-corrected chi connectivity index (χ3v) is 4.56. The van der Waals surface area contributed by atoms with Crippen molar-refractivity contribution < 1.29 is 23.8 Å². The van der Waals surface area contributed by atoms with Crippen molar-refractivity contribution in [2.24, 2.45) is 0 Å². The summed E-state index contributed by atoms with van der Waals surface area (Å²) in [6.45, 7) is 1.07. The quantitative estimate of drug-likeness (QED) is 0.895. The van der Waals surface area contributed by atoms with Gasteiger partial charge in [-0.15, -0.1) is 0 Å². The maximum absolute atomic E-state index is 12.7. The minimum Gasteiger partial charge on any atom is -0.493 e. The van der Waals surface area contributed by atoms with Crippen molar-refractivity contribution in [1.82, 2.24) is 4.90 Å². The van der Waals surface area contributed by atoms with Gasteiger partial charge in [-0.2, -0.15) is 0 Å². The Kier molecular flexibility index (Phi) is 5.49. The van der Waals surface area contributed by atoms with Gasteiger partial charge in [0.15, 0.2) is 11.5 Å². The third-order valence-electron chi connectivity index (χ3n) is 4.56. The van der Waals surface area contributed by atoms with Crippen LogP contribution in [0.15, 0.2) is 36.4 Å². The fourth-order valence-electron chi connectivity index (χ4n) is 3.18. The van der Waals surface area contributed by atoms with Crippen LogP contribution in [0, 0.1) is 0 Å². The zero-order chi connectivity index (χ0) is 19.4. The van der Waals surface area contributed by atoms with Crippen LogP contribution >= 0.6 is 0 Å². The first-order valence-electron chi connectivity index (χ1n) is 8.54. The number of carbonyl (C=O) groups is 2. The Morgan fingerprint density at radius 3 is 2.56 bits per heavy atom. The molecule has 1 aliphatic rings. The second-order valence-corrected chi connectivity index (χ2v) is 6.12. The molecular formula is C20H22N2O5. The molecule has 7 heteroatoms. The molecule has 2 aromatic rings. The van der Waals surface area contributed by atoms with Gasteiger partial charge in [0.2, 0.25) is 0 Å². The van der Waals surface area contributed by atoms with Crippen LogP contribution in [0.5, 0.6) is 11.5 Å². The average Bonchev–Trinajstić information content (AvgIpc) is 2.71. The van der Waals surface area contributed by atoms with E-state index in [-0.39, 0.29) is 12.0 Å². The summed E-state index contributed by atoms with van der Waals surface area (Å²) in [5.74, 6) is 0.572. The Bertz CT molecular complexity index is 865. The number of anilines is 1. The van der Waals surface area contributed by atoms with E-state index in [0.717, 1.165) is 17.5 Å². The van der Waals surface area contributed by atoms with Crippen LogP contribution in [0.3, 0.4) is 0 Å². The van der Waals surface area contributed by atoms with Gasteiger partial charge >= 0.3 is 6.09 Å². The number of fused-ring (bicyclic) bond motifs is 1. The highest BCUT2D eigenvalue weighted by molar-refractivity contribution is 6.06. The molecule has 0 radical (unpaired) electrons. The Morgan fingerprint density at radius 1 is 1.04 bits per heavy atom. The molecule has 7 nitrogen and oxygen atoms in total. The van der Waals surface area contributed by atoms with Gasteiger partial charge in [-0.1, -0.05) is 12.1 Å². The van der Waals surface area contributed by atoms with Gasteiger partial charge in [-0.25, -0.2) is 4.79 Å². The molecule has 0 saturated carbocycles. The van der Waals surface area contributed by atoms with Crippen LogP contribution in [0.4, 0.5) is 10.5 Å². The molecule has 3 rings (SSSR count). The summed E-state index contributed by atoms with van der Waals surface area (Å²) < 4.78 is 15.4. The lowest BCUT2D eigenvalue weighted by Crippen LogP contribution is -2.35. The van der Waals surface area contributed by atoms with Crippen LogP contribution in [-0.4, -0.2) is 44.8 Å². The highest BCUT2D eigenvalue weighted by atomic mass is 16.5. The van der Waals surface area contributed by atoms with Crippen molar-refractivity contribution >= 4 is 17.7 Å². The van der Waals surface area contributed by atoms with E-state index in [2.05, 4.69) is 5.32 Å². The number of ether oxygens (including phenoxy) is 3. The molecule has 0 fully saturated rings. The van der Waals surface area contributed by atoms with Gasteiger partial charge in [0.05, 0.1) is 26.9 Å². The van der Waals surface area contributed by atoms with Gasteiger partial charge in [0, 0.05) is 18.8 Å². The minimum atomic E-state index is -0.351. The first-order valence-corrected chi connectivity index (χ1v) is 8.54. The molecule has 142 valence electrons. The largest absolute Gasteiger partial charge is 0.493 e. The summed E-state index contributed by atoms with van der Waals surface area (Å²) in [7, 11) is 4.39. The zero-order valence-corrected chi connectivity index (χ0v) is 15.6. The van der Waals surface area contributed by atoms with Crippen molar-refractivity contribution in [3.8, 4) is 11.5 Å². The van der Waals surface area contributed by atoms with Crippen LogP contribution in [-0.2, 0) is 17.7 Å².